The number of aryl methyl sites for hydroxylation is 6. The fourth-order valence-electron chi connectivity index (χ4n) is 5.99. The Morgan fingerprint density at radius 2 is 0.765 bits per heavy atom. The second-order valence-electron chi connectivity index (χ2n) is 10.1. The van der Waals surface area contributed by atoms with E-state index >= 15 is 0 Å². The molecule has 0 aliphatic rings. The summed E-state index contributed by atoms with van der Waals surface area (Å²) in [5, 5.41) is 2.86. The van der Waals surface area contributed by atoms with Gasteiger partial charge in [0.15, 0.2) is 10.9 Å². The predicted octanol–water partition coefficient (Wildman–Crippen LogP) is 6.16. The first-order chi connectivity index (χ1) is 15.9. The predicted molar refractivity (Wildman–Crippen MR) is 145 cm³/mol. The molecule has 5 aromatic rings. The van der Waals surface area contributed by atoms with Gasteiger partial charge >= 0.3 is 0 Å². The minimum Gasteiger partial charge on any atom is -0.343 e. The van der Waals surface area contributed by atoms with E-state index in [1.54, 1.807) is 0 Å². The van der Waals surface area contributed by atoms with Gasteiger partial charge in [0.05, 0.1) is 22.1 Å². The number of hydrogen-bond donors (Lipinski definition) is 0. The quantitative estimate of drug-likeness (QED) is 0.264. The first kappa shape index (κ1) is 22.4. The van der Waals surface area contributed by atoms with Crippen molar-refractivity contribution >= 4 is 43.6 Å². The van der Waals surface area contributed by atoms with Crippen LogP contribution in [0, 0.1) is 55.4 Å². The molecule has 2 heterocycles. The van der Waals surface area contributed by atoms with Crippen LogP contribution >= 0.6 is 0 Å². The van der Waals surface area contributed by atoms with Crippen LogP contribution in [-0.4, -0.2) is 9.13 Å². The molecule has 174 valence electrons. The maximum absolute atomic E-state index is 13.9. The van der Waals surface area contributed by atoms with Crippen molar-refractivity contribution in [3.8, 4) is 0 Å². The van der Waals surface area contributed by atoms with Crippen LogP contribution in [0.4, 0.5) is 0 Å². The van der Waals surface area contributed by atoms with Crippen LogP contribution < -0.4 is 10.9 Å². The lowest BCUT2D eigenvalue weighted by atomic mass is 9.91. The second kappa shape index (κ2) is 7.05. The molecular weight excluding hydrogens is 420 g/mol. The molecule has 0 aliphatic carbocycles. The highest BCUT2D eigenvalue weighted by molar-refractivity contribution is 6.06. The summed E-state index contributed by atoms with van der Waals surface area (Å²) < 4.78 is 4.20. The number of pyridine rings is 2. The van der Waals surface area contributed by atoms with E-state index in [1.807, 2.05) is 40.1 Å². The second-order valence-corrected chi connectivity index (χ2v) is 10.1. The first-order valence-corrected chi connectivity index (χ1v) is 11.9. The molecule has 0 amide bonds. The molecule has 0 aliphatic heterocycles. The lowest BCUT2D eigenvalue weighted by molar-refractivity contribution is 0.982. The van der Waals surface area contributed by atoms with E-state index in [0.29, 0.717) is 10.8 Å². The third kappa shape index (κ3) is 2.54. The van der Waals surface area contributed by atoms with Crippen LogP contribution in [-0.2, 0) is 14.1 Å². The van der Waals surface area contributed by atoms with Gasteiger partial charge in [0.25, 0.3) is 0 Å². The summed E-state index contributed by atoms with van der Waals surface area (Å²) in [5.41, 5.74) is 12.6. The Balaban J connectivity index is 2.13. The summed E-state index contributed by atoms with van der Waals surface area (Å²) in [5.74, 6) is 0. The van der Waals surface area contributed by atoms with Crippen molar-refractivity contribution in [1.82, 2.24) is 9.13 Å². The number of hydrogen-bond acceptors (Lipinski definition) is 2. The van der Waals surface area contributed by atoms with Crippen LogP contribution in [0.1, 0.15) is 44.5 Å². The van der Waals surface area contributed by atoms with E-state index in [1.165, 1.54) is 11.1 Å². The molecule has 3 aromatic carbocycles. The molecule has 0 unspecified atom stereocenters. The first-order valence-electron chi connectivity index (χ1n) is 11.9. The zero-order chi connectivity index (χ0) is 25.0. The SMILES string of the molecule is Cc1c(C)c(C)c2c(c1C)c(=O)c1cc3c(cc1n2C)c(=O)c1c(C)c(C)c(C)c(C)c1n3C. The normalized spacial score (nSPS) is 12.1. The highest BCUT2D eigenvalue weighted by Gasteiger charge is 2.21. The number of nitrogens with zero attached hydrogens (tertiary/aromatic N) is 2. The van der Waals surface area contributed by atoms with Gasteiger partial charge in [0.2, 0.25) is 0 Å². The average molecular weight is 453 g/mol. The van der Waals surface area contributed by atoms with Gasteiger partial charge in [-0.3, -0.25) is 9.59 Å². The summed E-state index contributed by atoms with van der Waals surface area (Å²) in [4.78, 5) is 27.8. The highest BCUT2D eigenvalue weighted by atomic mass is 16.1. The molecule has 0 N–H and O–H groups in total. The van der Waals surface area contributed by atoms with Gasteiger partial charge in [-0.2, -0.15) is 0 Å². The van der Waals surface area contributed by atoms with E-state index in [4.69, 9.17) is 0 Å². The fourth-order valence-corrected chi connectivity index (χ4v) is 5.99. The van der Waals surface area contributed by atoms with Crippen LogP contribution in [0.15, 0.2) is 21.7 Å². The zero-order valence-corrected chi connectivity index (χ0v) is 21.9. The summed E-state index contributed by atoms with van der Waals surface area (Å²) in [6, 6.07) is 3.86. The lowest BCUT2D eigenvalue weighted by Crippen LogP contribution is -2.17. The van der Waals surface area contributed by atoms with Crippen LogP contribution in [0.5, 0.6) is 0 Å². The van der Waals surface area contributed by atoms with Gasteiger partial charge in [-0.15, -0.1) is 0 Å². The van der Waals surface area contributed by atoms with Gasteiger partial charge in [-0.25, -0.2) is 0 Å². The molecule has 5 rings (SSSR count). The van der Waals surface area contributed by atoms with Crippen LogP contribution in [0.25, 0.3) is 43.6 Å². The molecule has 0 fully saturated rings. The minimum atomic E-state index is 0.0363. The Kier molecular flexibility index (Phi) is 4.64. The smallest absolute Gasteiger partial charge is 0.197 e. The molecule has 34 heavy (non-hydrogen) atoms. The number of aromatic nitrogens is 2. The Morgan fingerprint density at radius 1 is 0.471 bits per heavy atom. The summed E-state index contributed by atoms with van der Waals surface area (Å²) >= 11 is 0. The maximum Gasteiger partial charge on any atom is 0.197 e. The topological polar surface area (TPSA) is 44.0 Å². The van der Waals surface area contributed by atoms with Gasteiger partial charge in [-0.05, 0) is 112 Å². The van der Waals surface area contributed by atoms with Crippen molar-refractivity contribution in [3.05, 3.63) is 77.1 Å². The molecular formula is C30H32N2O2. The Bertz CT molecular complexity index is 1740. The zero-order valence-electron chi connectivity index (χ0n) is 21.9. The fraction of sp³-hybridized carbons (Fsp3) is 0.333. The number of fused-ring (bicyclic) bond motifs is 4. The lowest BCUT2D eigenvalue weighted by Gasteiger charge is -2.21. The van der Waals surface area contributed by atoms with Crippen LogP contribution in [0.3, 0.4) is 0 Å². The van der Waals surface area contributed by atoms with Crippen molar-refractivity contribution in [1.29, 1.82) is 0 Å². The highest BCUT2D eigenvalue weighted by Crippen LogP contribution is 2.33. The van der Waals surface area contributed by atoms with Crippen molar-refractivity contribution in [2.24, 2.45) is 14.1 Å². The van der Waals surface area contributed by atoms with Gasteiger partial charge < -0.3 is 9.13 Å². The molecule has 0 atom stereocenters. The Morgan fingerprint density at radius 3 is 1.09 bits per heavy atom. The van der Waals surface area contributed by atoms with E-state index in [-0.39, 0.29) is 10.9 Å². The minimum absolute atomic E-state index is 0.0363. The monoisotopic (exact) mass is 452 g/mol. The summed E-state index contributed by atoms with van der Waals surface area (Å²) in [6.07, 6.45) is 0. The van der Waals surface area contributed by atoms with E-state index in [2.05, 4.69) is 50.7 Å². The van der Waals surface area contributed by atoms with Gasteiger partial charge in [0.1, 0.15) is 0 Å². The molecule has 4 heteroatoms. The van der Waals surface area contributed by atoms with Crippen LogP contribution in [0.2, 0.25) is 0 Å². The van der Waals surface area contributed by atoms with Crippen molar-refractivity contribution in [2.45, 2.75) is 55.4 Å². The van der Waals surface area contributed by atoms with Crippen molar-refractivity contribution in [3.63, 3.8) is 0 Å². The van der Waals surface area contributed by atoms with E-state index < -0.39 is 0 Å². The maximum atomic E-state index is 13.9. The van der Waals surface area contributed by atoms with E-state index in [0.717, 1.165) is 66.2 Å². The Hall–Kier alpha value is -3.40. The molecule has 0 radical (unpaired) electrons. The third-order valence-corrected chi connectivity index (χ3v) is 8.76. The molecule has 0 saturated heterocycles. The molecule has 0 spiro atoms. The van der Waals surface area contributed by atoms with Gasteiger partial charge in [-0.1, -0.05) is 0 Å². The third-order valence-electron chi connectivity index (χ3n) is 8.76. The molecule has 0 saturated carbocycles. The van der Waals surface area contributed by atoms with Crippen molar-refractivity contribution < 1.29 is 0 Å². The molecule has 2 aromatic heterocycles. The van der Waals surface area contributed by atoms with Crippen molar-refractivity contribution in [2.75, 3.05) is 0 Å². The molecule has 4 nitrogen and oxygen atoms in total. The number of rotatable bonds is 0. The summed E-state index contributed by atoms with van der Waals surface area (Å²) in [6.45, 7) is 16.7. The van der Waals surface area contributed by atoms with Gasteiger partial charge in [0, 0.05) is 35.6 Å². The summed E-state index contributed by atoms with van der Waals surface area (Å²) in [7, 11) is 4.01. The average Bonchev–Trinajstić information content (AvgIpc) is 2.82. The largest absolute Gasteiger partial charge is 0.343 e. The van der Waals surface area contributed by atoms with E-state index in [9.17, 15) is 9.59 Å². The standard InChI is InChI=1S/C30H32N2O2/c1-13-15(3)19(7)27-25(17(13)5)29(33)21-11-24-22(12-23(21)31(27)9)30(34)26-18(6)14(2)16(4)20(8)28(26)32(24)10/h11-12H,1-10H3. The Labute approximate surface area is 199 Å². The number of benzene rings is 3. The molecule has 0 bridgehead atoms.